The molecule has 1 aromatic rings. The van der Waals surface area contributed by atoms with Gasteiger partial charge < -0.3 is 9.64 Å². The Labute approximate surface area is 119 Å². The van der Waals surface area contributed by atoms with E-state index in [1.54, 1.807) is 6.92 Å². The number of nitriles is 1. The molecule has 1 rings (SSSR count). The number of carbonyl (C=O) groups is 2. The van der Waals surface area contributed by atoms with Crippen LogP contribution in [0.5, 0.6) is 0 Å². The van der Waals surface area contributed by atoms with Crippen LogP contribution in [0, 0.1) is 11.3 Å². The Morgan fingerprint density at radius 2 is 2.00 bits per heavy atom. The number of rotatable bonds is 3. The van der Waals surface area contributed by atoms with Crippen LogP contribution in [0.3, 0.4) is 0 Å². The summed E-state index contributed by atoms with van der Waals surface area (Å²) in [6, 6.07) is 4.78. The van der Waals surface area contributed by atoms with Crippen LogP contribution in [0.1, 0.15) is 43.9 Å². The second-order valence-electron chi connectivity index (χ2n) is 3.47. The number of hydrogen-bond acceptors (Lipinski definition) is 5. The number of carbonyl (C=O) groups excluding carboxylic acids is 2. The summed E-state index contributed by atoms with van der Waals surface area (Å²) in [5.74, 6) is -0.898. The standard InChI is InChI=1S/C12H13N3O3.C2H6/c1-4-18-12(17)11-10(15(3)8(2)16)6-5-9(7-13)14-11;1-2/h5-6H,4H2,1-3H3;1-2H3. The van der Waals surface area contributed by atoms with Crippen LogP contribution < -0.4 is 4.90 Å². The maximum Gasteiger partial charge on any atom is 0.359 e. The highest BCUT2D eigenvalue weighted by molar-refractivity contribution is 6.00. The molecule has 6 nitrogen and oxygen atoms in total. The van der Waals surface area contributed by atoms with E-state index in [0.29, 0.717) is 5.69 Å². The first-order valence-electron chi connectivity index (χ1n) is 6.33. The lowest BCUT2D eigenvalue weighted by atomic mass is 10.2. The highest BCUT2D eigenvalue weighted by Gasteiger charge is 2.20. The van der Waals surface area contributed by atoms with E-state index in [1.807, 2.05) is 19.9 Å². The molecule has 0 saturated carbocycles. The van der Waals surface area contributed by atoms with Gasteiger partial charge in [-0.15, -0.1) is 0 Å². The van der Waals surface area contributed by atoms with Gasteiger partial charge in [-0.3, -0.25) is 4.79 Å². The van der Waals surface area contributed by atoms with Crippen molar-refractivity contribution in [3.05, 3.63) is 23.5 Å². The maximum absolute atomic E-state index is 11.7. The fourth-order valence-corrected chi connectivity index (χ4v) is 1.30. The molecule has 0 aliphatic carbocycles. The average Bonchev–Trinajstić information content (AvgIpc) is 2.48. The van der Waals surface area contributed by atoms with Crippen molar-refractivity contribution >= 4 is 17.6 Å². The van der Waals surface area contributed by atoms with Crippen molar-refractivity contribution in [1.82, 2.24) is 4.98 Å². The van der Waals surface area contributed by atoms with Crippen molar-refractivity contribution in [2.24, 2.45) is 0 Å². The van der Waals surface area contributed by atoms with Gasteiger partial charge in [0.2, 0.25) is 5.91 Å². The molecule has 0 spiro atoms. The molecule has 1 heterocycles. The van der Waals surface area contributed by atoms with Crippen LogP contribution in [0.4, 0.5) is 5.69 Å². The predicted molar refractivity (Wildman–Crippen MR) is 75.3 cm³/mol. The van der Waals surface area contributed by atoms with Gasteiger partial charge in [-0.25, -0.2) is 9.78 Å². The lowest BCUT2D eigenvalue weighted by molar-refractivity contribution is -0.116. The first kappa shape index (κ1) is 17.6. The molecule has 0 saturated heterocycles. The van der Waals surface area contributed by atoms with Gasteiger partial charge in [0, 0.05) is 14.0 Å². The molecule has 0 aliphatic heterocycles. The van der Waals surface area contributed by atoms with Gasteiger partial charge in [0.1, 0.15) is 11.8 Å². The summed E-state index contributed by atoms with van der Waals surface area (Å²) in [4.78, 5) is 28.2. The average molecular weight is 277 g/mol. The Bertz CT molecular complexity index is 521. The number of esters is 1. The number of nitrogens with zero attached hydrogens (tertiary/aromatic N) is 3. The number of amides is 1. The molecule has 0 unspecified atom stereocenters. The van der Waals surface area contributed by atoms with Crippen LogP contribution in [0.25, 0.3) is 0 Å². The third-order valence-electron chi connectivity index (χ3n) is 2.29. The Balaban J connectivity index is 0.00000172. The van der Waals surface area contributed by atoms with Crippen LogP contribution in [-0.2, 0) is 9.53 Å². The normalized spacial score (nSPS) is 8.80. The highest BCUT2D eigenvalue weighted by Crippen LogP contribution is 2.19. The molecule has 0 N–H and O–H groups in total. The molecule has 20 heavy (non-hydrogen) atoms. The molecule has 0 aliphatic rings. The topological polar surface area (TPSA) is 83.3 Å². The summed E-state index contributed by atoms with van der Waals surface area (Å²) in [5.41, 5.74) is 0.382. The lowest BCUT2D eigenvalue weighted by Gasteiger charge is -2.17. The summed E-state index contributed by atoms with van der Waals surface area (Å²) >= 11 is 0. The molecule has 6 heteroatoms. The molecule has 1 aromatic heterocycles. The summed E-state index contributed by atoms with van der Waals surface area (Å²) < 4.78 is 4.85. The molecule has 0 fully saturated rings. The van der Waals surface area contributed by atoms with Crippen LogP contribution >= 0.6 is 0 Å². The third-order valence-corrected chi connectivity index (χ3v) is 2.29. The number of aromatic nitrogens is 1. The molecule has 0 aromatic carbocycles. The van der Waals surface area contributed by atoms with Gasteiger partial charge >= 0.3 is 5.97 Å². The third kappa shape index (κ3) is 4.35. The fraction of sp³-hybridized carbons (Fsp3) is 0.429. The van der Waals surface area contributed by atoms with E-state index in [-0.39, 0.29) is 23.9 Å². The van der Waals surface area contributed by atoms with E-state index >= 15 is 0 Å². The van der Waals surface area contributed by atoms with Gasteiger partial charge in [-0.2, -0.15) is 5.26 Å². The SMILES string of the molecule is CC.CCOC(=O)c1nc(C#N)ccc1N(C)C(C)=O. The zero-order valence-electron chi connectivity index (χ0n) is 12.4. The minimum atomic E-state index is -0.655. The maximum atomic E-state index is 11.7. The zero-order chi connectivity index (χ0) is 15.7. The molecular formula is C14H19N3O3. The Hall–Kier alpha value is -2.42. The van der Waals surface area contributed by atoms with E-state index in [1.165, 1.54) is 31.0 Å². The van der Waals surface area contributed by atoms with Gasteiger partial charge in [-0.05, 0) is 19.1 Å². The van der Waals surface area contributed by atoms with Crippen LogP contribution in [0.2, 0.25) is 0 Å². The van der Waals surface area contributed by atoms with Crippen molar-refractivity contribution in [1.29, 1.82) is 5.26 Å². The van der Waals surface area contributed by atoms with Crippen molar-refractivity contribution in [3.63, 3.8) is 0 Å². The minimum Gasteiger partial charge on any atom is -0.461 e. The second-order valence-corrected chi connectivity index (χ2v) is 3.47. The Morgan fingerprint density at radius 1 is 1.40 bits per heavy atom. The van der Waals surface area contributed by atoms with Crippen molar-refractivity contribution in [3.8, 4) is 6.07 Å². The molecule has 0 atom stereocenters. The van der Waals surface area contributed by atoms with Crippen molar-refractivity contribution < 1.29 is 14.3 Å². The van der Waals surface area contributed by atoms with Crippen LogP contribution in [0.15, 0.2) is 12.1 Å². The number of hydrogen-bond donors (Lipinski definition) is 0. The fourth-order valence-electron chi connectivity index (χ4n) is 1.30. The summed E-state index contributed by atoms with van der Waals surface area (Å²) in [6.45, 7) is 7.23. The van der Waals surface area contributed by atoms with E-state index in [4.69, 9.17) is 10.00 Å². The summed E-state index contributed by atoms with van der Waals surface area (Å²) in [6.07, 6.45) is 0. The smallest absolute Gasteiger partial charge is 0.359 e. The van der Waals surface area contributed by atoms with Gasteiger partial charge in [0.15, 0.2) is 5.69 Å². The number of ether oxygens (including phenoxy) is 1. The van der Waals surface area contributed by atoms with E-state index < -0.39 is 5.97 Å². The zero-order valence-corrected chi connectivity index (χ0v) is 12.4. The van der Waals surface area contributed by atoms with Gasteiger partial charge in [-0.1, -0.05) is 13.8 Å². The largest absolute Gasteiger partial charge is 0.461 e. The first-order chi connectivity index (χ1) is 9.51. The monoisotopic (exact) mass is 277 g/mol. The van der Waals surface area contributed by atoms with E-state index in [2.05, 4.69) is 4.98 Å². The van der Waals surface area contributed by atoms with E-state index in [9.17, 15) is 9.59 Å². The van der Waals surface area contributed by atoms with Gasteiger partial charge in [0.05, 0.1) is 12.3 Å². The van der Waals surface area contributed by atoms with Crippen molar-refractivity contribution in [2.75, 3.05) is 18.6 Å². The minimum absolute atomic E-state index is 0.0337. The van der Waals surface area contributed by atoms with E-state index in [0.717, 1.165) is 0 Å². The molecule has 0 radical (unpaired) electrons. The predicted octanol–water partition coefficient (Wildman–Crippen LogP) is 2.14. The molecule has 1 amide bonds. The summed E-state index contributed by atoms with van der Waals surface area (Å²) in [7, 11) is 1.52. The molecule has 0 bridgehead atoms. The lowest BCUT2D eigenvalue weighted by Crippen LogP contribution is -2.26. The van der Waals surface area contributed by atoms with Gasteiger partial charge in [0.25, 0.3) is 0 Å². The first-order valence-corrected chi connectivity index (χ1v) is 6.33. The second kappa shape index (κ2) is 8.64. The van der Waals surface area contributed by atoms with Crippen LogP contribution in [-0.4, -0.2) is 30.5 Å². The van der Waals surface area contributed by atoms with Crippen molar-refractivity contribution in [2.45, 2.75) is 27.7 Å². The Morgan fingerprint density at radius 3 is 2.45 bits per heavy atom. The number of anilines is 1. The molecular weight excluding hydrogens is 258 g/mol. The Kier molecular flexibility index (Phi) is 7.60. The highest BCUT2D eigenvalue weighted by atomic mass is 16.5. The summed E-state index contributed by atoms with van der Waals surface area (Å²) in [5, 5.41) is 8.77. The number of pyridine rings is 1. The quantitative estimate of drug-likeness (QED) is 0.790. The molecule has 108 valence electrons.